The van der Waals surface area contributed by atoms with Crippen molar-refractivity contribution in [2.24, 2.45) is 0 Å². The van der Waals surface area contributed by atoms with Crippen LogP contribution >= 0.6 is 11.6 Å². The number of hydrogen-bond acceptors (Lipinski definition) is 6. The third kappa shape index (κ3) is 2.69. The average molecular weight is 336 g/mol. The molecule has 0 fully saturated rings. The molecule has 1 aliphatic carbocycles. The van der Waals surface area contributed by atoms with Gasteiger partial charge in [0, 0.05) is 33.1 Å². The maximum Gasteiger partial charge on any atom is 0.228 e. The van der Waals surface area contributed by atoms with Crippen molar-refractivity contribution >= 4 is 23.2 Å². The van der Waals surface area contributed by atoms with E-state index in [0.717, 1.165) is 6.08 Å². The van der Waals surface area contributed by atoms with Gasteiger partial charge in [-0.1, -0.05) is 11.6 Å². The van der Waals surface area contributed by atoms with Crippen molar-refractivity contribution in [3.8, 4) is 11.8 Å². The highest BCUT2D eigenvalue weighted by atomic mass is 35.5. The Balaban J connectivity index is 0.000000595. The van der Waals surface area contributed by atoms with Gasteiger partial charge in [-0.05, 0) is 12.1 Å². The summed E-state index contributed by atoms with van der Waals surface area (Å²) in [6, 6.07) is 4.77. The number of halogens is 1. The molecule has 23 heavy (non-hydrogen) atoms. The first kappa shape index (κ1) is 17.0. The number of carbonyl (C=O) groups excluding carboxylic acids is 2. The van der Waals surface area contributed by atoms with E-state index in [1.165, 1.54) is 12.1 Å². The molecule has 0 radical (unpaired) electrons. The third-order valence-electron chi connectivity index (χ3n) is 3.54. The van der Waals surface area contributed by atoms with Gasteiger partial charge >= 0.3 is 0 Å². The van der Waals surface area contributed by atoms with Crippen LogP contribution in [0.25, 0.3) is 0 Å². The van der Waals surface area contributed by atoms with Crippen LogP contribution in [0.5, 0.6) is 5.75 Å². The summed E-state index contributed by atoms with van der Waals surface area (Å²) in [5.74, 6) is -1.03. The Hall–Kier alpha value is -2.36. The Morgan fingerprint density at radius 1 is 1.39 bits per heavy atom. The van der Waals surface area contributed by atoms with Gasteiger partial charge in [0.15, 0.2) is 11.5 Å². The van der Waals surface area contributed by atoms with Crippen LogP contribution < -0.4 is 4.74 Å². The van der Waals surface area contributed by atoms with Crippen LogP contribution in [0.1, 0.15) is 28.8 Å². The molecule has 0 saturated carbocycles. The highest BCUT2D eigenvalue weighted by Crippen LogP contribution is 2.46. The van der Waals surface area contributed by atoms with Crippen molar-refractivity contribution < 1.29 is 24.2 Å². The van der Waals surface area contributed by atoms with Gasteiger partial charge in [0.1, 0.15) is 16.9 Å². The number of carbonyl (C=O) groups is 2. The average Bonchev–Trinajstić information content (AvgIpc) is 2.80. The fraction of sp³-hybridized carbons (Fsp3) is 0.312. The number of nitriles is 1. The van der Waals surface area contributed by atoms with Gasteiger partial charge in [-0.15, -0.1) is 0 Å². The fourth-order valence-corrected chi connectivity index (χ4v) is 2.71. The summed E-state index contributed by atoms with van der Waals surface area (Å²) < 4.78 is 9.83. The molecule has 7 heteroatoms. The highest BCUT2D eigenvalue weighted by molar-refractivity contribution is 6.34. The molecule has 1 aromatic rings. The van der Waals surface area contributed by atoms with Crippen LogP contribution in [0, 0.1) is 11.3 Å². The molecule has 6 nitrogen and oxygen atoms in total. The summed E-state index contributed by atoms with van der Waals surface area (Å²) in [6.07, 6.45) is 1.17. The summed E-state index contributed by atoms with van der Waals surface area (Å²) in [5, 5.41) is 18.9. The number of rotatable bonds is 0. The summed E-state index contributed by atoms with van der Waals surface area (Å²) in [5.41, 5.74) is -1.18. The standard InChI is InChI=1S/C14H8ClNO4.C2H6O/c15-11-7(6-16)1-2-9-12(11)20-14(13(9)19)4-3-8(17)5-10(14)18;1-3-2/h1-2,5,18H,3-4H2;1-2H3/t14-;/m0./s1. The number of fused-ring (bicyclic) bond motifs is 1. The Labute approximate surface area is 137 Å². The molecule has 0 saturated heterocycles. The van der Waals surface area contributed by atoms with E-state index in [1.807, 2.05) is 6.07 Å². The SMILES string of the molecule is COC.N#Cc1ccc2c(c1Cl)O[C@]1(CCC(=O)C=C1O)C2=O. The van der Waals surface area contributed by atoms with E-state index in [0.29, 0.717) is 0 Å². The first-order valence-corrected chi connectivity index (χ1v) is 7.09. The summed E-state index contributed by atoms with van der Waals surface area (Å²) >= 11 is 6.03. The number of aliphatic hydroxyl groups excluding tert-OH is 1. The van der Waals surface area contributed by atoms with Crippen LogP contribution in [-0.2, 0) is 9.53 Å². The van der Waals surface area contributed by atoms with Crippen molar-refractivity contribution in [1.29, 1.82) is 5.26 Å². The van der Waals surface area contributed by atoms with Crippen molar-refractivity contribution in [2.45, 2.75) is 18.4 Å². The monoisotopic (exact) mass is 335 g/mol. The molecule has 1 spiro atoms. The van der Waals surface area contributed by atoms with Gasteiger partial charge < -0.3 is 14.6 Å². The van der Waals surface area contributed by atoms with Crippen molar-refractivity contribution in [2.75, 3.05) is 14.2 Å². The molecule has 0 bridgehead atoms. The van der Waals surface area contributed by atoms with E-state index >= 15 is 0 Å². The number of ketones is 2. The molecule has 0 amide bonds. The van der Waals surface area contributed by atoms with E-state index in [4.69, 9.17) is 21.6 Å². The lowest BCUT2D eigenvalue weighted by Crippen LogP contribution is -2.44. The predicted molar refractivity (Wildman–Crippen MR) is 81.7 cm³/mol. The molecule has 2 aliphatic rings. The topological polar surface area (TPSA) is 96.6 Å². The second-order valence-corrected chi connectivity index (χ2v) is 5.46. The lowest BCUT2D eigenvalue weighted by molar-refractivity contribution is -0.116. The number of Topliss-reactive ketones (excluding diaryl/α,β-unsaturated/α-hetero) is 1. The number of hydrogen-bond donors (Lipinski definition) is 1. The quantitative estimate of drug-likeness (QED) is 0.782. The van der Waals surface area contributed by atoms with Gasteiger partial charge in [0.25, 0.3) is 0 Å². The minimum absolute atomic E-state index is 0.0416. The molecule has 1 aliphatic heterocycles. The lowest BCUT2D eigenvalue weighted by atomic mass is 9.84. The second kappa shape index (κ2) is 6.41. The number of allylic oxidation sites excluding steroid dienone is 1. The van der Waals surface area contributed by atoms with Gasteiger partial charge in [-0.2, -0.15) is 5.26 Å². The van der Waals surface area contributed by atoms with Crippen LogP contribution in [0.4, 0.5) is 0 Å². The third-order valence-corrected chi connectivity index (χ3v) is 3.92. The fourth-order valence-electron chi connectivity index (χ4n) is 2.46. The largest absolute Gasteiger partial charge is 0.507 e. The first-order chi connectivity index (χ1) is 10.9. The molecule has 120 valence electrons. The summed E-state index contributed by atoms with van der Waals surface area (Å²) in [7, 11) is 3.25. The molecular formula is C16H14ClNO5. The van der Waals surface area contributed by atoms with Crippen molar-refractivity contribution in [3.05, 3.63) is 40.1 Å². The van der Waals surface area contributed by atoms with E-state index in [-0.39, 0.29) is 40.5 Å². The zero-order valence-corrected chi connectivity index (χ0v) is 13.3. The van der Waals surface area contributed by atoms with E-state index in [9.17, 15) is 14.7 Å². The molecule has 0 aromatic heterocycles. The molecule has 1 N–H and O–H groups in total. The van der Waals surface area contributed by atoms with E-state index < -0.39 is 17.1 Å². The minimum Gasteiger partial charge on any atom is -0.507 e. The van der Waals surface area contributed by atoms with Crippen molar-refractivity contribution in [3.63, 3.8) is 0 Å². The maximum absolute atomic E-state index is 12.5. The summed E-state index contributed by atoms with van der Waals surface area (Å²) in [4.78, 5) is 23.8. The smallest absolute Gasteiger partial charge is 0.228 e. The Bertz CT molecular complexity index is 750. The Morgan fingerprint density at radius 2 is 2.04 bits per heavy atom. The van der Waals surface area contributed by atoms with Gasteiger partial charge in [-0.3, -0.25) is 9.59 Å². The second-order valence-electron chi connectivity index (χ2n) is 5.08. The molecule has 0 unspecified atom stereocenters. The van der Waals surface area contributed by atoms with Crippen molar-refractivity contribution in [1.82, 2.24) is 0 Å². The number of methoxy groups -OCH3 is 1. The van der Waals surface area contributed by atoms with Gasteiger partial charge in [0.2, 0.25) is 11.4 Å². The Morgan fingerprint density at radius 3 is 2.61 bits per heavy atom. The number of nitrogens with zero attached hydrogens (tertiary/aromatic N) is 1. The molecule has 1 heterocycles. The number of benzene rings is 1. The zero-order chi connectivity index (χ0) is 17.2. The van der Waals surface area contributed by atoms with E-state index in [2.05, 4.69) is 4.74 Å². The molecule has 3 rings (SSSR count). The lowest BCUT2D eigenvalue weighted by Gasteiger charge is -2.28. The number of ether oxygens (including phenoxy) is 2. The number of aliphatic hydroxyl groups is 1. The zero-order valence-electron chi connectivity index (χ0n) is 12.6. The summed E-state index contributed by atoms with van der Waals surface area (Å²) in [6.45, 7) is 0. The Kier molecular flexibility index (Phi) is 4.73. The maximum atomic E-state index is 12.5. The van der Waals surface area contributed by atoms with Crippen LogP contribution in [0.15, 0.2) is 24.0 Å². The normalized spacial score (nSPS) is 21.7. The van der Waals surface area contributed by atoms with Crippen LogP contribution in [-0.4, -0.2) is 36.5 Å². The van der Waals surface area contributed by atoms with Crippen LogP contribution in [0.2, 0.25) is 5.02 Å². The predicted octanol–water partition coefficient (Wildman–Crippen LogP) is 2.59. The highest BCUT2D eigenvalue weighted by Gasteiger charge is 2.54. The first-order valence-electron chi connectivity index (χ1n) is 6.71. The van der Waals surface area contributed by atoms with Gasteiger partial charge in [-0.25, -0.2) is 0 Å². The van der Waals surface area contributed by atoms with E-state index in [1.54, 1.807) is 14.2 Å². The molecule has 1 aromatic carbocycles. The van der Waals surface area contributed by atoms with Gasteiger partial charge in [0.05, 0.1) is 11.1 Å². The minimum atomic E-state index is -1.58. The molecule has 1 atom stereocenters. The van der Waals surface area contributed by atoms with Crippen LogP contribution in [0.3, 0.4) is 0 Å². The molecular weight excluding hydrogens is 322 g/mol.